The number of fused-ring (bicyclic) bond motifs is 2. The van der Waals surface area contributed by atoms with Crippen molar-refractivity contribution in [1.82, 2.24) is 9.96 Å². The number of hydroxylamine groups is 2. The Hall–Kier alpha value is -0.390. The topological polar surface area (TPSA) is 127 Å². The van der Waals surface area contributed by atoms with Gasteiger partial charge < -0.3 is 14.8 Å². The van der Waals surface area contributed by atoms with Gasteiger partial charge in [0.05, 0.1) is 18.1 Å². The SMILES string of the molecule is O=C([O-])[C@H]1CC[C@@H]2CN1C(=O)N2OS(=O)(=O)O.[Na+]. The number of rotatable bonds is 3. The zero-order valence-electron chi connectivity index (χ0n) is 9.48. The van der Waals surface area contributed by atoms with Crippen LogP contribution in [-0.2, 0) is 19.5 Å². The van der Waals surface area contributed by atoms with Crippen molar-refractivity contribution < 1.29 is 61.5 Å². The van der Waals surface area contributed by atoms with Crippen LogP contribution in [0.25, 0.3) is 0 Å². The van der Waals surface area contributed by atoms with Crippen LogP contribution in [0.2, 0.25) is 0 Å². The Kier molecular flexibility index (Phi) is 4.62. The van der Waals surface area contributed by atoms with E-state index in [9.17, 15) is 23.1 Å². The smallest absolute Gasteiger partial charge is 0.548 e. The number of piperidine rings is 1. The van der Waals surface area contributed by atoms with Gasteiger partial charge in [-0.1, -0.05) is 0 Å². The van der Waals surface area contributed by atoms with Crippen LogP contribution in [0.1, 0.15) is 12.8 Å². The van der Waals surface area contributed by atoms with Gasteiger partial charge in [-0.3, -0.25) is 4.55 Å². The Labute approximate surface area is 125 Å². The summed E-state index contributed by atoms with van der Waals surface area (Å²) in [4.78, 5) is 23.3. The molecule has 2 aliphatic rings. The standard InChI is InChI=1S/C7H10N2O7S.Na/c10-6(11)5-2-1-4-3-8(5)7(12)9(4)16-17(13,14)15;/h4-5H,1-3H2,(H,10,11)(H,13,14,15);/q;+1/p-1/t4-,5-;/m1./s1. The number of nitrogens with zero attached hydrogens (tertiary/aromatic N) is 2. The fourth-order valence-corrected chi connectivity index (χ4v) is 2.47. The average molecular weight is 288 g/mol. The molecule has 9 nitrogen and oxygen atoms in total. The summed E-state index contributed by atoms with van der Waals surface area (Å²) in [5.74, 6) is -1.40. The minimum atomic E-state index is -4.80. The van der Waals surface area contributed by atoms with Gasteiger partial charge in [-0.15, -0.1) is 4.28 Å². The fourth-order valence-electron chi connectivity index (χ4n) is 2.08. The van der Waals surface area contributed by atoms with E-state index >= 15 is 0 Å². The van der Waals surface area contributed by atoms with E-state index in [1.54, 1.807) is 0 Å². The Morgan fingerprint density at radius 2 is 2.06 bits per heavy atom. The molecule has 0 aromatic heterocycles. The number of urea groups is 1. The Morgan fingerprint density at radius 3 is 2.56 bits per heavy atom. The monoisotopic (exact) mass is 288 g/mol. The number of aliphatic carboxylic acids is 1. The second-order valence-corrected chi connectivity index (χ2v) is 4.83. The molecular formula is C7H9N2NaO7S. The Balaban J connectivity index is 0.00000162. The molecule has 2 saturated heterocycles. The van der Waals surface area contributed by atoms with E-state index in [1.165, 1.54) is 0 Å². The molecule has 18 heavy (non-hydrogen) atoms. The molecule has 2 amide bonds. The van der Waals surface area contributed by atoms with Crippen LogP contribution in [-0.4, -0.2) is 53.6 Å². The van der Waals surface area contributed by atoms with Gasteiger partial charge >= 0.3 is 46.0 Å². The zero-order chi connectivity index (χ0) is 12.8. The first-order chi connectivity index (χ1) is 7.79. The molecule has 0 saturated carbocycles. The molecule has 0 aromatic rings. The maximum absolute atomic E-state index is 11.6. The summed E-state index contributed by atoms with van der Waals surface area (Å²) in [5, 5.41) is 11.2. The van der Waals surface area contributed by atoms with Gasteiger partial charge in [0, 0.05) is 6.54 Å². The van der Waals surface area contributed by atoms with Crippen molar-refractivity contribution in [3.63, 3.8) is 0 Å². The van der Waals surface area contributed by atoms with Crippen molar-refractivity contribution in [2.75, 3.05) is 6.54 Å². The quantitative estimate of drug-likeness (QED) is 0.406. The van der Waals surface area contributed by atoms with Gasteiger partial charge in [-0.05, 0) is 12.8 Å². The summed E-state index contributed by atoms with van der Waals surface area (Å²) in [5.41, 5.74) is 0. The number of hydrogen-bond acceptors (Lipinski definition) is 6. The van der Waals surface area contributed by atoms with Gasteiger partial charge in [0.15, 0.2) is 0 Å². The zero-order valence-corrected chi connectivity index (χ0v) is 12.3. The van der Waals surface area contributed by atoms with Crippen LogP contribution in [0.3, 0.4) is 0 Å². The summed E-state index contributed by atoms with van der Waals surface area (Å²) in [7, 11) is -4.80. The molecule has 2 heterocycles. The molecule has 2 bridgehead atoms. The second-order valence-electron chi connectivity index (χ2n) is 3.83. The predicted octanol–water partition coefficient (Wildman–Crippen LogP) is -5.26. The van der Waals surface area contributed by atoms with Crippen LogP contribution in [0, 0.1) is 0 Å². The van der Waals surface area contributed by atoms with Gasteiger partial charge in [0.25, 0.3) is 0 Å². The molecule has 96 valence electrons. The van der Waals surface area contributed by atoms with Crippen LogP contribution < -0.4 is 34.7 Å². The van der Waals surface area contributed by atoms with Crippen LogP contribution >= 0.6 is 0 Å². The predicted molar refractivity (Wildman–Crippen MR) is 48.4 cm³/mol. The minimum absolute atomic E-state index is 0. The van der Waals surface area contributed by atoms with Gasteiger partial charge in [-0.2, -0.15) is 13.5 Å². The van der Waals surface area contributed by atoms with Crippen LogP contribution in [0.15, 0.2) is 0 Å². The average Bonchev–Trinajstić information content (AvgIpc) is 2.42. The Morgan fingerprint density at radius 1 is 1.44 bits per heavy atom. The molecule has 0 unspecified atom stereocenters. The van der Waals surface area contributed by atoms with E-state index in [4.69, 9.17) is 4.55 Å². The van der Waals surface area contributed by atoms with E-state index < -0.39 is 34.5 Å². The first-order valence-electron chi connectivity index (χ1n) is 4.77. The maximum Gasteiger partial charge on any atom is 1.00 e. The van der Waals surface area contributed by atoms with E-state index in [0.29, 0.717) is 5.06 Å². The molecule has 2 atom stereocenters. The molecule has 0 spiro atoms. The van der Waals surface area contributed by atoms with Crippen molar-refractivity contribution >= 4 is 22.4 Å². The van der Waals surface area contributed by atoms with E-state index in [2.05, 4.69) is 4.28 Å². The Bertz CT molecular complexity index is 466. The molecule has 2 aliphatic heterocycles. The number of carboxylic acids is 1. The molecule has 0 aromatic carbocycles. The third kappa shape index (κ3) is 2.95. The summed E-state index contributed by atoms with van der Waals surface area (Å²) in [6.07, 6.45) is 0.417. The summed E-state index contributed by atoms with van der Waals surface area (Å²) in [6, 6.07) is -2.58. The molecule has 0 aliphatic carbocycles. The molecular weight excluding hydrogens is 279 g/mol. The second kappa shape index (κ2) is 5.31. The van der Waals surface area contributed by atoms with Crippen LogP contribution in [0.4, 0.5) is 4.79 Å². The fraction of sp³-hybridized carbons (Fsp3) is 0.714. The largest absolute Gasteiger partial charge is 1.00 e. The summed E-state index contributed by atoms with van der Waals surface area (Å²) < 4.78 is 33.7. The third-order valence-electron chi connectivity index (χ3n) is 2.77. The van der Waals surface area contributed by atoms with Gasteiger partial charge in [-0.25, -0.2) is 4.79 Å². The first kappa shape index (κ1) is 15.7. The number of carboxylic acid groups (broad SMARTS) is 1. The molecule has 2 rings (SSSR count). The number of carbonyl (C=O) groups excluding carboxylic acids is 2. The minimum Gasteiger partial charge on any atom is -0.548 e. The summed E-state index contributed by atoms with van der Waals surface area (Å²) in [6.45, 7) is 0.0347. The molecule has 11 heteroatoms. The number of amides is 2. The van der Waals surface area contributed by atoms with Crippen molar-refractivity contribution in [3.8, 4) is 0 Å². The molecule has 0 radical (unpaired) electrons. The van der Waals surface area contributed by atoms with Crippen LogP contribution in [0.5, 0.6) is 0 Å². The third-order valence-corrected chi connectivity index (χ3v) is 3.12. The van der Waals surface area contributed by atoms with Crippen molar-refractivity contribution in [3.05, 3.63) is 0 Å². The maximum atomic E-state index is 11.6. The van der Waals surface area contributed by atoms with Crippen molar-refractivity contribution in [2.24, 2.45) is 0 Å². The van der Waals surface area contributed by atoms with Crippen molar-refractivity contribution in [2.45, 2.75) is 24.9 Å². The van der Waals surface area contributed by atoms with E-state index in [0.717, 1.165) is 4.90 Å². The first-order valence-corrected chi connectivity index (χ1v) is 6.14. The van der Waals surface area contributed by atoms with Gasteiger partial charge in [0.2, 0.25) is 0 Å². The van der Waals surface area contributed by atoms with E-state index in [-0.39, 0.29) is 48.9 Å². The van der Waals surface area contributed by atoms with Gasteiger partial charge in [0.1, 0.15) is 0 Å². The number of carbonyl (C=O) groups is 2. The van der Waals surface area contributed by atoms with Crippen molar-refractivity contribution in [1.29, 1.82) is 0 Å². The molecule has 1 N–H and O–H groups in total. The number of hydrogen-bond donors (Lipinski definition) is 1. The normalized spacial score (nSPS) is 27.1. The molecule has 2 fully saturated rings. The van der Waals surface area contributed by atoms with E-state index in [1.807, 2.05) is 0 Å². The summed E-state index contributed by atoms with van der Waals surface area (Å²) >= 11 is 0.